The predicted molar refractivity (Wildman–Crippen MR) is 130 cm³/mol. The number of hydrogen-bond donors (Lipinski definition) is 1. The highest BCUT2D eigenvalue weighted by molar-refractivity contribution is 5.80. The molecule has 13 heteroatoms. The van der Waals surface area contributed by atoms with Crippen LogP contribution < -0.4 is 20.6 Å². The molecule has 0 radical (unpaired) electrons. The highest BCUT2D eigenvalue weighted by Crippen LogP contribution is 2.23. The molecular formula is C24H23F3N6O4. The van der Waals surface area contributed by atoms with E-state index in [1.807, 2.05) is 4.90 Å². The number of rotatable bonds is 8. The van der Waals surface area contributed by atoms with Crippen LogP contribution in [0, 0.1) is 0 Å². The molecule has 0 spiro atoms. The maximum Gasteiger partial charge on any atom is 0.573 e. The number of nitrogens with one attached hydrogen (secondary N) is 1. The smallest absolute Gasteiger partial charge is 0.406 e. The molecule has 2 heterocycles. The van der Waals surface area contributed by atoms with Crippen molar-refractivity contribution in [3.05, 3.63) is 70.5 Å². The zero-order valence-corrected chi connectivity index (χ0v) is 19.7. The Kier molecular flexibility index (Phi) is 7.72. The molecule has 0 saturated carbocycles. The lowest BCUT2D eigenvalue weighted by Gasteiger charge is -2.28. The fourth-order valence-electron chi connectivity index (χ4n) is 3.53. The topological polar surface area (TPSA) is 101 Å². The van der Waals surface area contributed by atoms with Crippen LogP contribution in [-0.2, 0) is 16.6 Å². The number of amides is 1. The molecule has 0 atom stereocenters. The molecule has 1 aromatic heterocycles. The summed E-state index contributed by atoms with van der Waals surface area (Å²) in [4.78, 5) is 30.6. The van der Waals surface area contributed by atoms with Crippen molar-refractivity contribution in [3.63, 3.8) is 0 Å². The first-order chi connectivity index (χ1) is 17.7. The first-order valence-electron chi connectivity index (χ1n) is 11.1. The maximum absolute atomic E-state index is 12.5. The Morgan fingerprint density at radius 2 is 1.78 bits per heavy atom. The Labute approximate surface area is 209 Å². The fourth-order valence-corrected chi connectivity index (χ4v) is 3.53. The molecule has 10 nitrogen and oxygen atoms in total. The van der Waals surface area contributed by atoms with Crippen molar-refractivity contribution in [1.29, 1.82) is 0 Å². The van der Waals surface area contributed by atoms with E-state index in [1.165, 1.54) is 29.0 Å². The molecule has 1 saturated heterocycles. The third-order valence-corrected chi connectivity index (χ3v) is 5.39. The standard InChI is InChI=1S/C24H23F3N6O4/c1-31-22(35)14-21(32-10-12-36-13-11-32)29-23(31)18-4-6-19(7-5-18)30-33(16-34)28-15-17-2-8-20(9-3-17)37-24(25,26)27/h2-9,14-16,30H,10-13H2,1H3/b28-15+. The summed E-state index contributed by atoms with van der Waals surface area (Å²) >= 11 is 0. The van der Waals surface area contributed by atoms with Gasteiger partial charge in [0.15, 0.2) is 0 Å². The van der Waals surface area contributed by atoms with Crippen molar-refractivity contribution >= 4 is 24.1 Å². The number of hydrazine groups is 1. The normalized spacial score (nSPS) is 14.0. The van der Waals surface area contributed by atoms with Gasteiger partial charge in [-0.25, -0.2) is 4.98 Å². The van der Waals surface area contributed by atoms with Gasteiger partial charge in [-0.2, -0.15) is 5.10 Å². The van der Waals surface area contributed by atoms with Crippen molar-refractivity contribution in [3.8, 4) is 17.1 Å². The summed E-state index contributed by atoms with van der Waals surface area (Å²) in [5.41, 5.74) is 4.28. The second kappa shape index (κ2) is 11.1. The van der Waals surface area contributed by atoms with Gasteiger partial charge in [0.1, 0.15) is 17.4 Å². The van der Waals surface area contributed by atoms with Crippen molar-refractivity contribution in [2.24, 2.45) is 12.1 Å². The summed E-state index contributed by atoms with van der Waals surface area (Å²) in [5.74, 6) is 0.712. The van der Waals surface area contributed by atoms with Crippen LogP contribution >= 0.6 is 0 Å². The number of anilines is 2. The number of aromatic nitrogens is 2. The lowest BCUT2D eigenvalue weighted by atomic mass is 10.2. The molecule has 1 N–H and O–H groups in total. The molecular weight excluding hydrogens is 493 g/mol. The van der Waals surface area contributed by atoms with E-state index >= 15 is 0 Å². The van der Waals surface area contributed by atoms with Gasteiger partial charge >= 0.3 is 6.36 Å². The zero-order chi connectivity index (χ0) is 26.4. The average molecular weight is 516 g/mol. The van der Waals surface area contributed by atoms with E-state index in [9.17, 15) is 22.8 Å². The molecule has 4 rings (SSSR count). The average Bonchev–Trinajstić information content (AvgIpc) is 2.89. The summed E-state index contributed by atoms with van der Waals surface area (Å²) in [7, 11) is 1.64. The van der Waals surface area contributed by atoms with E-state index in [4.69, 9.17) is 4.74 Å². The number of carbonyl (C=O) groups excluding carboxylic acids is 1. The van der Waals surface area contributed by atoms with E-state index < -0.39 is 6.36 Å². The third-order valence-electron chi connectivity index (χ3n) is 5.39. The number of morpholine rings is 1. The number of carbonyl (C=O) groups is 1. The van der Waals surface area contributed by atoms with Gasteiger partial charge in [0, 0.05) is 31.8 Å². The van der Waals surface area contributed by atoms with Crippen molar-refractivity contribution in [1.82, 2.24) is 14.7 Å². The van der Waals surface area contributed by atoms with Crippen LogP contribution in [0.2, 0.25) is 0 Å². The zero-order valence-electron chi connectivity index (χ0n) is 19.7. The van der Waals surface area contributed by atoms with Gasteiger partial charge in [0.25, 0.3) is 5.56 Å². The predicted octanol–water partition coefficient (Wildman–Crippen LogP) is 3.00. The monoisotopic (exact) mass is 516 g/mol. The van der Waals surface area contributed by atoms with Crippen molar-refractivity contribution < 1.29 is 27.4 Å². The van der Waals surface area contributed by atoms with E-state index in [-0.39, 0.29) is 11.3 Å². The van der Waals surface area contributed by atoms with Gasteiger partial charge in [0.05, 0.1) is 25.1 Å². The fraction of sp³-hybridized carbons (Fsp3) is 0.250. The van der Waals surface area contributed by atoms with E-state index in [1.54, 1.807) is 31.3 Å². The molecule has 194 valence electrons. The first-order valence-corrected chi connectivity index (χ1v) is 11.1. The minimum Gasteiger partial charge on any atom is -0.406 e. The molecule has 2 aromatic carbocycles. The number of hydrogen-bond acceptors (Lipinski definition) is 8. The van der Waals surface area contributed by atoms with E-state index in [0.29, 0.717) is 61.2 Å². The van der Waals surface area contributed by atoms with Gasteiger partial charge in [0.2, 0.25) is 6.41 Å². The highest BCUT2D eigenvalue weighted by atomic mass is 19.4. The van der Waals surface area contributed by atoms with E-state index in [0.717, 1.165) is 17.3 Å². The molecule has 1 fully saturated rings. The van der Waals surface area contributed by atoms with Crippen LogP contribution in [0.5, 0.6) is 5.75 Å². The minimum absolute atomic E-state index is 0.187. The Bertz CT molecular complexity index is 1300. The largest absolute Gasteiger partial charge is 0.573 e. The van der Waals surface area contributed by atoms with Crippen LogP contribution in [0.15, 0.2) is 64.5 Å². The molecule has 0 unspecified atom stereocenters. The third kappa shape index (κ3) is 6.85. The number of benzene rings is 2. The van der Waals surface area contributed by atoms with Gasteiger partial charge in [-0.1, -0.05) is 0 Å². The quantitative estimate of drug-likeness (QED) is 0.279. The van der Waals surface area contributed by atoms with Crippen LogP contribution in [0.3, 0.4) is 0 Å². The number of ether oxygens (including phenoxy) is 2. The van der Waals surface area contributed by atoms with Crippen LogP contribution in [0.1, 0.15) is 5.56 Å². The molecule has 3 aromatic rings. The Morgan fingerprint density at radius 1 is 1.11 bits per heavy atom. The van der Waals surface area contributed by atoms with E-state index in [2.05, 4.69) is 20.2 Å². The summed E-state index contributed by atoms with van der Waals surface area (Å²) < 4.78 is 47.5. The molecule has 37 heavy (non-hydrogen) atoms. The molecule has 1 amide bonds. The second-order valence-corrected chi connectivity index (χ2v) is 7.94. The Hall–Kier alpha value is -4.39. The summed E-state index contributed by atoms with van der Waals surface area (Å²) in [6.07, 6.45) is -3.05. The molecule has 0 aliphatic carbocycles. The van der Waals surface area contributed by atoms with Gasteiger partial charge < -0.3 is 14.4 Å². The number of halogens is 3. The van der Waals surface area contributed by atoms with Crippen molar-refractivity contribution in [2.45, 2.75) is 6.36 Å². The summed E-state index contributed by atoms with van der Waals surface area (Å²) in [5, 5.41) is 4.88. The molecule has 1 aliphatic rings. The molecule has 0 bridgehead atoms. The number of alkyl halides is 3. The highest BCUT2D eigenvalue weighted by Gasteiger charge is 2.30. The summed E-state index contributed by atoms with van der Waals surface area (Å²) in [6, 6.07) is 13.4. The Morgan fingerprint density at radius 3 is 2.41 bits per heavy atom. The lowest BCUT2D eigenvalue weighted by molar-refractivity contribution is -0.274. The summed E-state index contributed by atoms with van der Waals surface area (Å²) in [6.45, 7) is 2.44. The van der Waals surface area contributed by atoms with Crippen LogP contribution in [-0.4, -0.2) is 60.0 Å². The minimum atomic E-state index is -4.78. The maximum atomic E-state index is 12.5. The SMILES string of the molecule is Cn1c(-c2ccc(NN(C=O)/N=C/c3ccc(OC(F)(F)F)cc3)cc2)nc(N2CCOCC2)cc1=O. The molecule has 1 aliphatic heterocycles. The van der Waals surface area contributed by atoms with Crippen LogP contribution in [0.25, 0.3) is 11.4 Å². The second-order valence-electron chi connectivity index (χ2n) is 7.94. The Balaban J connectivity index is 1.44. The number of nitrogens with zero attached hydrogens (tertiary/aromatic N) is 5. The van der Waals surface area contributed by atoms with Crippen molar-refractivity contribution in [2.75, 3.05) is 36.6 Å². The number of hydrazone groups is 1. The van der Waals surface area contributed by atoms with Gasteiger partial charge in [-0.3, -0.25) is 19.6 Å². The van der Waals surface area contributed by atoms with Gasteiger partial charge in [-0.15, -0.1) is 18.3 Å². The van der Waals surface area contributed by atoms with Gasteiger partial charge in [-0.05, 0) is 54.1 Å². The van der Waals surface area contributed by atoms with Crippen LogP contribution in [0.4, 0.5) is 24.7 Å². The lowest BCUT2D eigenvalue weighted by Crippen LogP contribution is -2.38. The first kappa shape index (κ1) is 25.7.